The summed E-state index contributed by atoms with van der Waals surface area (Å²) < 4.78 is 17.9. The van der Waals surface area contributed by atoms with Crippen LogP contribution in [0.25, 0.3) is 6.08 Å². The van der Waals surface area contributed by atoms with Gasteiger partial charge in [0.2, 0.25) is 5.90 Å². The van der Waals surface area contributed by atoms with Gasteiger partial charge in [-0.15, -0.1) is 0 Å². The summed E-state index contributed by atoms with van der Waals surface area (Å²) in [5.41, 5.74) is 2.61. The second-order valence-corrected chi connectivity index (χ2v) is 11.3. The molecule has 2 N–H and O–H groups in total. The minimum Gasteiger partial charge on any atom is -0.497 e. The third-order valence-corrected chi connectivity index (χ3v) is 7.99. The van der Waals surface area contributed by atoms with Crippen molar-refractivity contribution in [2.75, 3.05) is 26.9 Å². The SMILES string of the molecule is COc1cccc([C@H]2OC(c3ccc(OCCCO)cc3)=N[C@@]2(C/C=C/c2ccccc2)C(=O)NCCCCc2ccccc2)c1. The van der Waals surface area contributed by atoms with Gasteiger partial charge in [0, 0.05) is 31.6 Å². The summed E-state index contributed by atoms with van der Waals surface area (Å²) in [5.74, 6) is 1.57. The topological polar surface area (TPSA) is 89.4 Å². The van der Waals surface area contributed by atoms with E-state index >= 15 is 0 Å². The fraction of sp³-hybridized carbons (Fsp3) is 0.282. The lowest BCUT2D eigenvalue weighted by atomic mass is 9.84. The predicted molar refractivity (Wildman–Crippen MR) is 182 cm³/mol. The van der Waals surface area contributed by atoms with Crippen molar-refractivity contribution >= 4 is 17.9 Å². The van der Waals surface area contributed by atoms with Crippen LogP contribution >= 0.6 is 0 Å². The van der Waals surface area contributed by atoms with Gasteiger partial charge in [0.15, 0.2) is 11.6 Å². The van der Waals surface area contributed by atoms with E-state index in [2.05, 4.69) is 29.6 Å². The molecule has 238 valence electrons. The summed E-state index contributed by atoms with van der Waals surface area (Å²) in [6, 6.07) is 35.5. The molecule has 0 unspecified atom stereocenters. The van der Waals surface area contributed by atoms with Gasteiger partial charge in [-0.3, -0.25) is 4.79 Å². The van der Waals surface area contributed by atoms with Crippen molar-refractivity contribution < 1.29 is 24.1 Å². The molecule has 0 fully saturated rings. The molecule has 1 amide bonds. The summed E-state index contributed by atoms with van der Waals surface area (Å²) in [7, 11) is 1.62. The van der Waals surface area contributed by atoms with E-state index in [0.29, 0.717) is 43.4 Å². The number of benzene rings is 4. The zero-order chi connectivity index (χ0) is 32.0. The van der Waals surface area contributed by atoms with E-state index in [1.807, 2.05) is 97.1 Å². The Bertz CT molecular complexity index is 1590. The first-order valence-corrected chi connectivity index (χ1v) is 15.9. The number of ether oxygens (including phenoxy) is 3. The Morgan fingerprint density at radius 2 is 1.67 bits per heavy atom. The second kappa shape index (κ2) is 16.4. The lowest BCUT2D eigenvalue weighted by Crippen LogP contribution is -2.48. The molecule has 7 heteroatoms. The van der Waals surface area contributed by atoms with Gasteiger partial charge in [0.25, 0.3) is 5.91 Å². The molecule has 5 rings (SSSR count). The summed E-state index contributed by atoms with van der Waals surface area (Å²) in [5, 5.41) is 12.3. The van der Waals surface area contributed by atoms with Crippen LogP contribution in [0.2, 0.25) is 0 Å². The molecule has 46 heavy (non-hydrogen) atoms. The van der Waals surface area contributed by atoms with Crippen LogP contribution in [-0.4, -0.2) is 49.3 Å². The number of methoxy groups -OCH3 is 1. The van der Waals surface area contributed by atoms with Gasteiger partial charge in [0.1, 0.15) is 11.5 Å². The average molecular weight is 619 g/mol. The first kappa shape index (κ1) is 32.5. The minimum atomic E-state index is -1.26. The number of hydrogen-bond donors (Lipinski definition) is 2. The van der Waals surface area contributed by atoms with Crippen molar-refractivity contribution in [1.29, 1.82) is 0 Å². The molecule has 1 heterocycles. The maximum absolute atomic E-state index is 14.4. The van der Waals surface area contributed by atoms with E-state index in [4.69, 9.17) is 24.3 Å². The molecular weight excluding hydrogens is 576 g/mol. The predicted octanol–water partition coefficient (Wildman–Crippen LogP) is 6.96. The Morgan fingerprint density at radius 3 is 2.41 bits per heavy atom. The number of aliphatic hydroxyl groups excluding tert-OH is 1. The fourth-order valence-electron chi connectivity index (χ4n) is 5.51. The Labute approximate surface area is 271 Å². The highest BCUT2D eigenvalue weighted by atomic mass is 16.5. The van der Waals surface area contributed by atoms with Gasteiger partial charge < -0.3 is 24.6 Å². The molecule has 1 aliphatic rings. The summed E-state index contributed by atoms with van der Waals surface area (Å²) in [6.45, 7) is 1.03. The highest BCUT2D eigenvalue weighted by Gasteiger charge is 2.52. The monoisotopic (exact) mass is 618 g/mol. The third-order valence-electron chi connectivity index (χ3n) is 7.99. The molecule has 0 saturated carbocycles. The Kier molecular flexibility index (Phi) is 11.6. The van der Waals surface area contributed by atoms with E-state index in [9.17, 15) is 4.79 Å². The van der Waals surface area contributed by atoms with Crippen LogP contribution < -0.4 is 14.8 Å². The normalized spacial score (nSPS) is 17.3. The number of aryl methyl sites for hydroxylation is 1. The molecular formula is C39H42N2O5. The lowest BCUT2D eigenvalue weighted by Gasteiger charge is -2.30. The van der Waals surface area contributed by atoms with E-state index in [0.717, 1.165) is 36.0 Å². The first-order chi connectivity index (χ1) is 22.6. The summed E-state index contributed by atoms with van der Waals surface area (Å²) in [6.07, 6.45) is 6.97. The average Bonchev–Trinajstić information content (AvgIpc) is 3.50. The molecule has 0 radical (unpaired) electrons. The number of amides is 1. The molecule has 4 aromatic rings. The third kappa shape index (κ3) is 8.43. The Hall–Kier alpha value is -4.88. The van der Waals surface area contributed by atoms with Gasteiger partial charge in [-0.1, -0.05) is 84.9 Å². The van der Waals surface area contributed by atoms with Crippen LogP contribution in [0.5, 0.6) is 11.5 Å². The van der Waals surface area contributed by atoms with Crippen molar-refractivity contribution in [2.24, 2.45) is 4.99 Å². The number of carbonyl (C=O) groups excluding carboxylic acids is 1. The Balaban J connectivity index is 1.44. The van der Waals surface area contributed by atoms with Crippen LogP contribution in [0.3, 0.4) is 0 Å². The van der Waals surface area contributed by atoms with Crippen molar-refractivity contribution in [2.45, 2.75) is 43.7 Å². The second-order valence-electron chi connectivity index (χ2n) is 11.3. The minimum absolute atomic E-state index is 0.0737. The number of carbonyl (C=O) groups is 1. The molecule has 0 bridgehead atoms. The van der Waals surface area contributed by atoms with Gasteiger partial charge in [-0.25, -0.2) is 4.99 Å². The number of hydrogen-bond acceptors (Lipinski definition) is 6. The number of nitrogens with zero attached hydrogens (tertiary/aromatic N) is 1. The van der Waals surface area contributed by atoms with E-state index < -0.39 is 11.6 Å². The standard InChI is InChI=1S/C39H42N2O5/c1-44-35-20-10-19-33(29-35)36-39(25-11-18-31-15-6-3-7-16-31,38(43)40-26-9-8-17-30-13-4-2-5-14-30)41-37(46-36)32-21-23-34(24-22-32)45-28-12-27-42/h2-7,10-11,13-16,18-24,29,36,42H,8-9,12,17,25-28H2,1H3,(H,40,43)/b18-11+/t36-,39-/m1/s1. The largest absolute Gasteiger partial charge is 0.497 e. The van der Waals surface area contributed by atoms with Crippen LogP contribution in [0, 0.1) is 0 Å². The van der Waals surface area contributed by atoms with Crippen molar-refractivity contribution in [3.8, 4) is 11.5 Å². The molecule has 4 aromatic carbocycles. The van der Waals surface area contributed by atoms with Crippen molar-refractivity contribution in [3.63, 3.8) is 0 Å². The Morgan fingerprint density at radius 1 is 0.913 bits per heavy atom. The van der Waals surface area contributed by atoms with Crippen LogP contribution in [0.15, 0.2) is 120 Å². The van der Waals surface area contributed by atoms with Gasteiger partial charge >= 0.3 is 0 Å². The van der Waals surface area contributed by atoms with E-state index in [-0.39, 0.29) is 12.5 Å². The fourth-order valence-corrected chi connectivity index (χ4v) is 5.51. The summed E-state index contributed by atoms with van der Waals surface area (Å²) in [4.78, 5) is 19.5. The number of unbranched alkanes of at least 4 members (excludes halogenated alkanes) is 1. The van der Waals surface area contributed by atoms with Crippen LogP contribution in [0.1, 0.15) is 54.0 Å². The quantitative estimate of drug-likeness (QED) is 0.133. The molecule has 7 nitrogen and oxygen atoms in total. The smallest absolute Gasteiger partial charge is 0.252 e. The molecule has 2 atom stereocenters. The zero-order valence-electron chi connectivity index (χ0n) is 26.3. The van der Waals surface area contributed by atoms with E-state index in [1.165, 1.54) is 5.56 Å². The number of nitrogens with one attached hydrogen (secondary N) is 1. The highest BCUT2D eigenvalue weighted by molar-refractivity contribution is 6.01. The molecule has 1 aliphatic heterocycles. The van der Waals surface area contributed by atoms with Crippen LogP contribution in [-0.2, 0) is 16.0 Å². The molecule has 0 spiro atoms. The van der Waals surface area contributed by atoms with Crippen molar-refractivity contribution in [1.82, 2.24) is 5.32 Å². The number of aliphatic imine (C=N–C) groups is 1. The first-order valence-electron chi connectivity index (χ1n) is 15.9. The van der Waals surface area contributed by atoms with Gasteiger partial charge in [-0.2, -0.15) is 0 Å². The van der Waals surface area contributed by atoms with Gasteiger partial charge in [0.05, 0.1) is 13.7 Å². The van der Waals surface area contributed by atoms with Gasteiger partial charge in [-0.05, 0) is 72.4 Å². The number of rotatable bonds is 16. The molecule has 0 aliphatic carbocycles. The lowest BCUT2D eigenvalue weighted by molar-refractivity contribution is -0.128. The molecule has 0 aromatic heterocycles. The maximum Gasteiger partial charge on any atom is 0.252 e. The molecule has 0 saturated heterocycles. The van der Waals surface area contributed by atoms with E-state index in [1.54, 1.807) is 7.11 Å². The zero-order valence-corrected chi connectivity index (χ0v) is 26.3. The highest BCUT2D eigenvalue weighted by Crippen LogP contribution is 2.43. The maximum atomic E-state index is 14.4. The van der Waals surface area contributed by atoms with Crippen LogP contribution in [0.4, 0.5) is 0 Å². The van der Waals surface area contributed by atoms with Crippen molar-refractivity contribution in [3.05, 3.63) is 138 Å². The summed E-state index contributed by atoms with van der Waals surface area (Å²) >= 11 is 0. The number of aliphatic hydroxyl groups is 1.